The molecule has 0 saturated carbocycles. The second kappa shape index (κ2) is 10.8. The molecule has 0 bridgehead atoms. The number of benzene rings is 1. The molecule has 8 nitrogen and oxygen atoms in total. The lowest BCUT2D eigenvalue weighted by molar-refractivity contribution is 0.102. The number of nitrogen functional groups attached to an aromatic ring is 1. The van der Waals surface area contributed by atoms with Gasteiger partial charge in [-0.15, -0.1) is 0 Å². The standard InChI is InChI=1S/C24H32N6O2S/c1-4-17-15-30(10-9-24(17,2)3)20-13-18(29-33-12-11-31)6-7-19(20)23(32)28-21-8-5-16(14-25)22(26)27-21/h5-8,13,17,29,31H,4,9-12,15H2,1-3H3,(H3,26,27,28,32). The van der Waals surface area contributed by atoms with E-state index in [9.17, 15) is 4.79 Å². The van der Waals surface area contributed by atoms with Gasteiger partial charge in [0.25, 0.3) is 5.91 Å². The van der Waals surface area contributed by atoms with E-state index in [0.29, 0.717) is 23.1 Å². The predicted molar refractivity (Wildman–Crippen MR) is 135 cm³/mol. The van der Waals surface area contributed by atoms with Gasteiger partial charge in [-0.3, -0.25) is 4.79 Å². The van der Waals surface area contributed by atoms with E-state index in [1.54, 1.807) is 18.2 Å². The summed E-state index contributed by atoms with van der Waals surface area (Å²) in [6, 6.07) is 10.7. The first-order valence-electron chi connectivity index (χ1n) is 11.1. The number of carbonyl (C=O) groups excluding carboxylic acids is 1. The summed E-state index contributed by atoms with van der Waals surface area (Å²) in [5.41, 5.74) is 8.61. The number of nitrogens with two attached hydrogens (primary N) is 1. The third-order valence-electron chi connectivity index (χ3n) is 6.32. The number of aliphatic hydroxyl groups excluding tert-OH is 1. The van der Waals surface area contributed by atoms with E-state index in [1.165, 1.54) is 11.9 Å². The number of carbonyl (C=O) groups is 1. The molecular weight excluding hydrogens is 436 g/mol. The molecule has 1 aliphatic heterocycles. The van der Waals surface area contributed by atoms with Crippen molar-refractivity contribution < 1.29 is 9.90 Å². The molecule has 2 aromatic rings. The number of aromatic nitrogens is 1. The molecule has 9 heteroatoms. The Labute approximate surface area is 199 Å². The number of piperidine rings is 1. The number of hydrogen-bond acceptors (Lipinski definition) is 8. The number of hydrogen-bond donors (Lipinski definition) is 4. The number of nitrogens with zero attached hydrogens (tertiary/aromatic N) is 3. The zero-order valence-corrected chi connectivity index (χ0v) is 20.2. The molecule has 3 rings (SSSR count). The first-order valence-corrected chi connectivity index (χ1v) is 12.1. The number of nitriles is 1. The fraction of sp³-hybridized carbons (Fsp3) is 0.458. The summed E-state index contributed by atoms with van der Waals surface area (Å²) in [5, 5.41) is 20.9. The maximum Gasteiger partial charge on any atom is 0.258 e. The van der Waals surface area contributed by atoms with E-state index in [0.717, 1.165) is 37.3 Å². The van der Waals surface area contributed by atoms with E-state index in [4.69, 9.17) is 16.1 Å². The third kappa shape index (κ3) is 5.89. The lowest BCUT2D eigenvalue weighted by Crippen LogP contribution is -2.45. The van der Waals surface area contributed by atoms with Gasteiger partial charge in [-0.2, -0.15) is 5.26 Å². The number of aliphatic hydroxyl groups is 1. The van der Waals surface area contributed by atoms with Gasteiger partial charge in [-0.05, 0) is 48.1 Å². The van der Waals surface area contributed by atoms with Crippen LogP contribution in [0.5, 0.6) is 0 Å². The molecule has 1 atom stereocenters. The molecule has 1 aromatic heterocycles. The summed E-state index contributed by atoms with van der Waals surface area (Å²) < 4.78 is 3.24. The second-order valence-corrected chi connectivity index (χ2v) is 9.79. The van der Waals surface area contributed by atoms with Crippen molar-refractivity contribution in [1.29, 1.82) is 5.26 Å². The Morgan fingerprint density at radius 2 is 2.18 bits per heavy atom. The van der Waals surface area contributed by atoms with Crippen LogP contribution in [-0.4, -0.2) is 41.4 Å². The maximum atomic E-state index is 13.3. The lowest BCUT2D eigenvalue weighted by atomic mass is 9.72. The van der Waals surface area contributed by atoms with Crippen molar-refractivity contribution in [2.45, 2.75) is 33.6 Å². The highest BCUT2D eigenvalue weighted by molar-refractivity contribution is 8.00. The quantitative estimate of drug-likeness (QED) is 0.337. The normalized spacial score (nSPS) is 17.3. The fourth-order valence-corrected chi connectivity index (χ4v) is 4.67. The Morgan fingerprint density at radius 1 is 1.39 bits per heavy atom. The summed E-state index contributed by atoms with van der Waals surface area (Å²) >= 11 is 1.42. The average Bonchev–Trinajstić information content (AvgIpc) is 2.79. The molecule has 1 aromatic carbocycles. The van der Waals surface area contributed by atoms with Crippen LogP contribution in [0.4, 0.5) is 23.0 Å². The van der Waals surface area contributed by atoms with Gasteiger partial charge in [0.05, 0.1) is 23.4 Å². The van der Waals surface area contributed by atoms with Crippen LogP contribution in [0.15, 0.2) is 30.3 Å². The number of pyridine rings is 1. The largest absolute Gasteiger partial charge is 0.395 e. The first kappa shape index (κ1) is 24.7. The van der Waals surface area contributed by atoms with Gasteiger partial charge < -0.3 is 25.8 Å². The first-order chi connectivity index (χ1) is 15.8. The fourth-order valence-electron chi connectivity index (χ4n) is 4.18. The number of rotatable bonds is 8. The SMILES string of the molecule is CCC1CN(c2cc(NSCCO)ccc2C(=O)Nc2ccc(C#N)c(N)n2)CCC1(C)C. The van der Waals surface area contributed by atoms with Gasteiger partial charge in [-0.25, -0.2) is 4.98 Å². The lowest BCUT2D eigenvalue weighted by Gasteiger charge is -2.45. The Hall–Kier alpha value is -2.96. The number of amides is 1. The van der Waals surface area contributed by atoms with Crippen LogP contribution in [0.25, 0.3) is 0 Å². The molecule has 1 saturated heterocycles. The highest BCUT2D eigenvalue weighted by Gasteiger charge is 2.35. The molecule has 0 spiro atoms. The number of anilines is 4. The van der Waals surface area contributed by atoms with Gasteiger partial charge in [0.2, 0.25) is 0 Å². The van der Waals surface area contributed by atoms with E-state index in [-0.39, 0.29) is 29.3 Å². The second-order valence-electron chi connectivity index (χ2n) is 8.89. The van der Waals surface area contributed by atoms with Crippen LogP contribution in [-0.2, 0) is 0 Å². The minimum Gasteiger partial charge on any atom is -0.395 e. The van der Waals surface area contributed by atoms with Crippen LogP contribution >= 0.6 is 11.9 Å². The average molecular weight is 469 g/mol. The Balaban J connectivity index is 1.90. The summed E-state index contributed by atoms with van der Waals surface area (Å²) in [5.74, 6) is 1.19. The van der Waals surface area contributed by atoms with Crippen LogP contribution < -0.4 is 20.7 Å². The van der Waals surface area contributed by atoms with Gasteiger partial charge in [-0.1, -0.05) is 39.1 Å². The van der Waals surface area contributed by atoms with Crippen LogP contribution in [0, 0.1) is 22.7 Å². The summed E-state index contributed by atoms with van der Waals surface area (Å²) in [6.45, 7) is 8.67. The molecule has 176 valence electrons. The molecule has 0 aliphatic carbocycles. The van der Waals surface area contributed by atoms with Crippen LogP contribution in [0.2, 0.25) is 0 Å². The Kier molecular flexibility index (Phi) is 8.06. The predicted octanol–water partition coefficient (Wildman–Crippen LogP) is 4.10. The third-order valence-corrected chi connectivity index (χ3v) is 7.08. The molecule has 1 unspecified atom stereocenters. The summed E-state index contributed by atoms with van der Waals surface area (Å²) in [6.07, 6.45) is 2.11. The molecule has 1 amide bonds. The molecule has 1 aliphatic rings. The monoisotopic (exact) mass is 468 g/mol. The molecule has 1 fully saturated rings. The zero-order valence-electron chi connectivity index (χ0n) is 19.4. The maximum absolute atomic E-state index is 13.3. The molecular formula is C24H32N6O2S. The van der Waals surface area contributed by atoms with E-state index in [2.05, 4.69) is 40.7 Å². The van der Waals surface area contributed by atoms with Crippen molar-refractivity contribution >= 4 is 40.9 Å². The van der Waals surface area contributed by atoms with Gasteiger partial charge in [0.15, 0.2) is 0 Å². The van der Waals surface area contributed by atoms with Gasteiger partial charge >= 0.3 is 0 Å². The summed E-state index contributed by atoms with van der Waals surface area (Å²) in [4.78, 5) is 19.7. The van der Waals surface area contributed by atoms with Crippen molar-refractivity contribution in [1.82, 2.24) is 4.98 Å². The number of nitrogens with one attached hydrogen (secondary N) is 2. The zero-order chi connectivity index (χ0) is 24.0. The smallest absolute Gasteiger partial charge is 0.258 e. The van der Waals surface area contributed by atoms with Gasteiger partial charge in [0, 0.05) is 24.5 Å². The highest BCUT2D eigenvalue weighted by atomic mass is 32.2. The van der Waals surface area contributed by atoms with Crippen molar-refractivity contribution in [2.24, 2.45) is 11.3 Å². The topological polar surface area (TPSA) is 127 Å². The Morgan fingerprint density at radius 3 is 2.85 bits per heavy atom. The van der Waals surface area contributed by atoms with Crippen LogP contribution in [0.3, 0.4) is 0 Å². The molecule has 5 N–H and O–H groups in total. The highest BCUT2D eigenvalue weighted by Crippen LogP contribution is 2.40. The van der Waals surface area contributed by atoms with Crippen molar-refractivity contribution in [3.8, 4) is 6.07 Å². The van der Waals surface area contributed by atoms with Crippen LogP contribution in [0.1, 0.15) is 49.5 Å². The Bertz CT molecular complexity index is 1040. The van der Waals surface area contributed by atoms with E-state index >= 15 is 0 Å². The van der Waals surface area contributed by atoms with Gasteiger partial charge in [0.1, 0.15) is 17.7 Å². The van der Waals surface area contributed by atoms with E-state index in [1.807, 2.05) is 18.2 Å². The van der Waals surface area contributed by atoms with Crippen molar-refractivity contribution in [3.63, 3.8) is 0 Å². The molecule has 2 heterocycles. The summed E-state index contributed by atoms with van der Waals surface area (Å²) in [7, 11) is 0. The minimum atomic E-state index is -0.283. The minimum absolute atomic E-state index is 0.0834. The van der Waals surface area contributed by atoms with Crippen molar-refractivity contribution in [3.05, 3.63) is 41.5 Å². The molecule has 0 radical (unpaired) electrons. The van der Waals surface area contributed by atoms with Crippen molar-refractivity contribution in [2.75, 3.05) is 46.1 Å². The van der Waals surface area contributed by atoms with E-state index < -0.39 is 0 Å². The molecule has 33 heavy (non-hydrogen) atoms.